The van der Waals surface area contributed by atoms with Crippen molar-refractivity contribution in [2.24, 2.45) is 0 Å². The average Bonchev–Trinajstić information content (AvgIpc) is 3.27. The van der Waals surface area contributed by atoms with Gasteiger partial charge in [0.1, 0.15) is 12.3 Å². The summed E-state index contributed by atoms with van der Waals surface area (Å²) in [4.78, 5) is 31.3. The number of anilines is 1. The van der Waals surface area contributed by atoms with Gasteiger partial charge in [-0.3, -0.25) is 9.59 Å². The molecule has 0 aliphatic rings. The number of hydrogen-bond donors (Lipinski definition) is 1. The molecular weight excluding hydrogens is 414 g/mol. The number of carbonyl (C=O) groups excluding carboxylic acids is 1. The maximum atomic E-state index is 12.3. The smallest absolute Gasteiger partial charge is 0.323 e. The number of thiazole rings is 1. The number of carboxylic acid groups (broad SMARTS) is 1. The molecule has 7 nitrogen and oxygen atoms in total. The van der Waals surface area contributed by atoms with Crippen LogP contribution in [0.25, 0.3) is 11.3 Å². The van der Waals surface area contributed by atoms with Gasteiger partial charge in [0, 0.05) is 36.6 Å². The Bertz CT molecular complexity index is 1030. The van der Waals surface area contributed by atoms with Crippen LogP contribution in [0.4, 0.5) is 5.13 Å². The highest BCUT2D eigenvalue weighted by Crippen LogP contribution is 2.29. The molecule has 0 fully saturated rings. The van der Waals surface area contributed by atoms with Gasteiger partial charge in [-0.05, 0) is 48.9 Å². The summed E-state index contributed by atoms with van der Waals surface area (Å²) in [7, 11) is 3.12. The molecular formula is C23H25N3O4S. The number of aromatic nitrogens is 1. The zero-order valence-corrected chi connectivity index (χ0v) is 18.6. The van der Waals surface area contributed by atoms with E-state index in [1.54, 1.807) is 30.6 Å². The molecule has 0 atom stereocenters. The summed E-state index contributed by atoms with van der Waals surface area (Å²) in [5.74, 6) is -0.542. The molecule has 8 heteroatoms. The summed E-state index contributed by atoms with van der Waals surface area (Å²) in [5.41, 5.74) is 3.46. The number of ether oxygens (including phenoxy) is 1. The lowest BCUT2D eigenvalue weighted by atomic mass is 10.1. The summed E-state index contributed by atoms with van der Waals surface area (Å²) in [6.45, 7) is 3.20. The number of amides is 1. The van der Waals surface area contributed by atoms with E-state index in [1.807, 2.05) is 41.8 Å². The molecule has 3 rings (SSSR count). The number of methoxy groups -OCH3 is 1. The monoisotopic (exact) mass is 439 g/mol. The SMILES string of the molecule is CCN(Cc1ccc(C(=O)N(C)CC(=O)O)cc1)c1nc(-c2ccc(OC)cc2)cs1. The van der Waals surface area contributed by atoms with Crippen molar-refractivity contribution in [3.63, 3.8) is 0 Å². The van der Waals surface area contributed by atoms with Crippen LogP contribution in [0, 0.1) is 0 Å². The third-order valence-electron chi connectivity index (χ3n) is 4.82. The minimum absolute atomic E-state index is 0.314. The van der Waals surface area contributed by atoms with Crippen LogP contribution >= 0.6 is 11.3 Å². The largest absolute Gasteiger partial charge is 0.497 e. The molecule has 0 unspecified atom stereocenters. The fourth-order valence-electron chi connectivity index (χ4n) is 3.09. The van der Waals surface area contributed by atoms with E-state index < -0.39 is 5.97 Å². The Morgan fingerprint density at radius 3 is 2.35 bits per heavy atom. The van der Waals surface area contributed by atoms with Crippen molar-refractivity contribution >= 4 is 28.3 Å². The number of hydrogen-bond acceptors (Lipinski definition) is 6. The van der Waals surface area contributed by atoms with Gasteiger partial charge >= 0.3 is 5.97 Å². The maximum Gasteiger partial charge on any atom is 0.323 e. The van der Waals surface area contributed by atoms with Crippen molar-refractivity contribution in [3.05, 3.63) is 65.0 Å². The molecule has 0 aliphatic carbocycles. The van der Waals surface area contributed by atoms with Gasteiger partial charge in [0.15, 0.2) is 5.13 Å². The van der Waals surface area contributed by atoms with Crippen molar-refractivity contribution in [1.29, 1.82) is 0 Å². The lowest BCUT2D eigenvalue weighted by Gasteiger charge is -2.20. The van der Waals surface area contributed by atoms with Crippen LogP contribution in [0.3, 0.4) is 0 Å². The van der Waals surface area contributed by atoms with Crippen LogP contribution in [0.2, 0.25) is 0 Å². The molecule has 0 saturated heterocycles. The van der Waals surface area contributed by atoms with Crippen LogP contribution in [-0.4, -0.2) is 54.1 Å². The first kappa shape index (κ1) is 22.3. The summed E-state index contributed by atoms with van der Waals surface area (Å²) >= 11 is 1.59. The van der Waals surface area contributed by atoms with E-state index in [0.29, 0.717) is 12.1 Å². The predicted octanol–water partition coefficient (Wildman–Crippen LogP) is 4.00. The van der Waals surface area contributed by atoms with Crippen molar-refractivity contribution in [1.82, 2.24) is 9.88 Å². The van der Waals surface area contributed by atoms with E-state index in [-0.39, 0.29) is 12.5 Å². The number of nitrogens with zero attached hydrogens (tertiary/aromatic N) is 3. The number of benzene rings is 2. The number of likely N-dealkylation sites (N-methyl/N-ethyl adjacent to an activating group) is 1. The first-order chi connectivity index (χ1) is 14.9. The summed E-state index contributed by atoms with van der Waals surface area (Å²) in [5, 5.41) is 11.8. The Morgan fingerprint density at radius 1 is 1.10 bits per heavy atom. The summed E-state index contributed by atoms with van der Waals surface area (Å²) in [6, 6.07) is 15.1. The van der Waals surface area contributed by atoms with Gasteiger partial charge in [-0.2, -0.15) is 0 Å². The summed E-state index contributed by atoms with van der Waals surface area (Å²) < 4.78 is 5.21. The van der Waals surface area contributed by atoms with Gasteiger partial charge in [0.25, 0.3) is 5.91 Å². The first-order valence-corrected chi connectivity index (χ1v) is 10.7. The number of aliphatic carboxylic acids is 1. The topological polar surface area (TPSA) is 83.0 Å². The Hall–Kier alpha value is -3.39. The Balaban J connectivity index is 1.69. The molecule has 1 N–H and O–H groups in total. The van der Waals surface area contributed by atoms with E-state index in [0.717, 1.165) is 34.2 Å². The van der Waals surface area contributed by atoms with Crippen LogP contribution < -0.4 is 9.64 Å². The van der Waals surface area contributed by atoms with Crippen molar-refractivity contribution in [2.45, 2.75) is 13.5 Å². The van der Waals surface area contributed by atoms with Crippen molar-refractivity contribution in [3.8, 4) is 17.0 Å². The molecule has 31 heavy (non-hydrogen) atoms. The van der Waals surface area contributed by atoms with Crippen molar-refractivity contribution in [2.75, 3.05) is 32.1 Å². The lowest BCUT2D eigenvalue weighted by Crippen LogP contribution is -2.31. The highest BCUT2D eigenvalue weighted by atomic mass is 32.1. The Kier molecular flexibility index (Phi) is 7.25. The Morgan fingerprint density at radius 2 is 1.77 bits per heavy atom. The lowest BCUT2D eigenvalue weighted by molar-refractivity contribution is -0.137. The maximum absolute atomic E-state index is 12.3. The third-order valence-corrected chi connectivity index (χ3v) is 5.72. The van der Waals surface area contributed by atoms with Crippen molar-refractivity contribution < 1.29 is 19.4 Å². The van der Waals surface area contributed by atoms with E-state index in [4.69, 9.17) is 14.8 Å². The van der Waals surface area contributed by atoms with E-state index in [9.17, 15) is 9.59 Å². The molecule has 0 bridgehead atoms. The highest BCUT2D eigenvalue weighted by Gasteiger charge is 2.15. The fraction of sp³-hybridized carbons (Fsp3) is 0.261. The molecule has 1 heterocycles. The molecule has 0 spiro atoms. The third kappa shape index (κ3) is 5.61. The molecule has 3 aromatic rings. The second kappa shape index (κ2) is 10.1. The molecule has 2 aromatic carbocycles. The molecule has 0 radical (unpaired) electrons. The standard InChI is InChI=1S/C23H25N3O4S/c1-4-26(23-24-20(15-31-23)17-9-11-19(30-3)12-10-17)13-16-5-7-18(8-6-16)22(29)25(2)14-21(27)28/h5-12,15H,4,13-14H2,1-3H3,(H,27,28). The molecule has 162 valence electrons. The molecule has 1 aromatic heterocycles. The van der Waals surface area contributed by atoms with Crippen LogP contribution in [0.1, 0.15) is 22.8 Å². The van der Waals surface area contributed by atoms with Crippen LogP contribution in [0.15, 0.2) is 53.9 Å². The van der Waals surface area contributed by atoms with E-state index in [2.05, 4.69) is 11.8 Å². The first-order valence-electron chi connectivity index (χ1n) is 9.82. The minimum atomic E-state index is -1.04. The van der Waals surface area contributed by atoms with E-state index in [1.165, 1.54) is 11.9 Å². The van der Waals surface area contributed by atoms with E-state index >= 15 is 0 Å². The van der Waals surface area contributed by atoms with Gasteiger partial charge in [0.05, 0.1) is 12.8 Å². The predicted molar refractivity (Wildman–Crippen MR) is 122 cm³/mol. The quantitative estimate of drug-likeness (QED) is 0.543. The van der Waals surface area contributed by atoms with Crippen LogP contribution in [0.5, 0.6) is 5.75 Å². The number of carbonyl (C=O) groups is 2. The zero-order chi connectivity index (χ0) is 22.4. The van der Waals surface area contributed by atoms with Gasteiger partial charge in [0.2, 0.25) is 0 Å². The second-order valence-electron chi connectivity index (χ2n) is 7.01. The van der Waals surface area contributed by atoms with Gasteiger partial charge in [-0.1, -0.05) is 12.1 Å². The fourth-order valence-corrected chi connectivity index (χ4v) is 3.99. The molecule has 1 amide bonds. The van der Waals surface area contributed by atoms with Gasteiger partial charge in [-0.15, -0.1) is 11.3 Å². The van der Waals surface area contributed by atoms with Crippen LogP contribution in [-0.2, 0) is 11.3 Å². The number of rotatable bonds is 9. The highest BCUT2D eigenvalue weighted by molar-refractivity contribution is 7.14. The Labute approximate surface area is 185 Å². The summed E-state index contributed by atoms with van der Waals surface area (Å²) in [6.07, 6.45) is 0. The second-order valence-corrected chi connectivity index (χ2v) is 7.85. The van der Waals surface area contributed by atoms with Gasteiger partial charge < -0.3 is 19.6 Å². The number of carboxylic acids is 1. The normalized spacial score (nSPS) is 10.5. The molecule has 0 saturated carbocycles. The molecule has 0 aliphatic heterocycles. The zero-order valence-electron chi connectivity index (χ0n) is 17.7. The van der Waals surface area contributed by atoms with Gasteiger partial charge in [-0.25, -0.2) is 4.98 Å². The minimum Gasteiger partial charge on any atom is -0.497 e. The average molecular weight is 440 g/mol.